The molecule has 0 saturated carbocycles. The summed E-state index contributed by atoms with van der Waals surface area (Å²) in [6.45, 7) is 6.74. The average molecular weight is 248 g/mol. The summed E-state index contributed by atoms with van der Waals surface area (Å²) in [6, 6.07) is 10.5. The first-order valence-corrected chi connectivity index (χ1v) is 6.96. The lowest BCUT2D eigenvalue weighted by atomic mass is 10.1. The minimum absolute atomic E-state index is 0.0816. The second-order valence-corrected chi connectivity index (χ2v) is 6.79. The van der Waals surface area contributed by atoms with Gasteiger partial charge in [0.1, 0.15) is 4.87 Å². The van der Waals surface area contributed by atoms with Gasteiger partial charge in [0.25, 0.3) is 0 Å². The number of thioether (sulfide) groups is 1. The molecule has 1 aliphatic rings. The first-order chi connectivity index (χ1) is 8.07. The second-order valence-electron chi connectivity index (χ2n) is 5.21. The van der Waals surface area contributed by atoms with E-state index in [0.717, 1.165) is 12.8 Å². The topological polar surface area (TPSA) is 24.4 Å². The van der Waals surface area contributed by atoms with Crippen LogP contribution in [0.5, 0.6) is 0 Å². The van der Waals surface area contributed by atoms with Crippen molar-refractivity contribution < 1.29 is 0 Å². The van der Waals surface area contributed by atoms with Gasteiger partial charge >= 0.3 is 0 Å². The molecule has 0 radical (unpaired) electrons. The van der Waals surface area contributed by atoms with Crippen LogP contribution in [0.3, 0.4) is 0 Å². The van der Waals surface area contributed by atoms with E-state index in [1.807, 2.05) is 17.8 Å². The molecule has 1 aromatic carbocycles. The molecule has 17 heavy (non-hydrogen) atoms. The zero-order valence-electron chi connectivity index (χ0n) is 10.7. The number of nitrogens with zero attached hydrogens (tertiary/aromatic N) is 1. The summed E-state index contributed by atoms with van der Waals surface area (Å²) in [5.41, 5.74) is 4.61. The number of hydrazone groups is 1. The molecule has 1 heterocycles. The Morgan fingerprint density at radius 1 is 1.29 bits per heavy atom. The van der Waals surface area contributed by atoms with E-state index in [1.54, 1.807) is 0 Å². The predicted molar refractivity (Wildman–Crippen MR) is 76.2 cm³/mol. The van der Waals surface area contributed by atoms with E-state index >= 15 is 0 Å². The Labute approximate surface area is 108 Å². The highest BCUT2D eigenvalue weighted by molar-refractivity contribution is 8.15. The zero-order valence-corrected chi connectivity index (χ0v) is 11.6. The molecule has 0 unspecified atom stereocenters. The summed E-state index contributed by atoms with van der Waals surface area (Å²) >= 11 is 1.88. The Hall–Kier alpha value is -0.960. The van der Waals surface area contributed by atoms with Gasteiger partial charge in [-0.2, -0.15) is 5.10 Å². The molecular weight excluding hydrogens is 228 g/mol. The molecule has 1 atom stereocenters. The van der Waals surface area contributed by atoms with E-state index in [1.165, 1.54) is 10.6 Å². The van der Waals surface area contributed by atoms with Crippen LogP contribution in [-0.4, -0.2) is 9.91 Å². The molecule has 1 aliphatic heterocycles. The molecule has 3 heteroatoms. The number of hydrogen-bond donors (Lipinski definition) is 1. The fourth-order valence-corrected chi connectivity index (χ4v) is 3.56. The van der Waals surface area contributed by atoms with E-state index in [4.69, 9.17) is 0 Å². The fraction of sp³-hybridized carbons (Fsp3) is 0.500. The van der Waals surface area contributed by atoms with Gasteiger partial charge in [0, 0.05) is 6.42 Å². The predicted octanol–water partition coefficient (Wildman–Crippen LogP) is 3.64. The van der Waals surface area contributed by atoms with Gasteiger partial charge in [0.15, 0.2) is 0 Å². The minimum atomic E-state index is 0.0816. The third-order valence-electron chi connectivity index (χ3n) is 2.76. The Morgan fingerprint density at radius 3 is 2.65 bits per heavy atom. The summed E-state index contributed by atoms with van der Waals surface area (Å²) in [5, 5.41) is 5.66. The van der Waals surface area contributed by atoms with Crippen LogP contribution in [0, 0.1) is 5.92 Å². The van der Waals surface area contributed by atoms with Crippen molar-refractivity contribution in [2.45, 2.75) is 38.5 Å². The maximum Gasteiger partial charge on any atom is 0.103 e. The average Bonchev–Trinajstić information content (AvgIpc) is 2.60. The van der Waals surface area contributed by atoms with E-state index in [2.05, 4.69) is 55.6 Å². The first-order valence-electron chi connectivity index (χ1n) is 6.14. The summed E-state index contributed by atoms with van der Waals surface area (Å²) < 4.78 is 0. The normalized spacial score (nSPS) is 23.6. The highest BCUT2D eigenvalue weighted by atomic mass is 32.2. The van der Waals surface area contributed by atoms with Gasteiger partial charge < -0.3 is 0 Å². The van der Waals surface area contributed by atoms with Crippen LogP contribution < -0.4 is 5.43 Å². The zero-order chi connectivity index (χ0) is 12.3. The van der Waals surface area contributed by atoms with Gasteiger partial charge in [-0.05, 0) is 24.8 Å². The van der Waals surface area contributed by atoms with Crippen molar-refractivity contribution in [2.75, 3.05) is 0 Å². The number of rotatable bonds is 4. The van der Waals surface area contributed by atoms with Gasteiger partial charge in [-0.1, -0.05) is 55.9 Å². The highest BCUT2D eigenvalue weighted by Gasteiger charge is 2.32. The number of benzene rings is 1. The second kappa shape index (κ2) is 5.13. The molecule has 1 aromatic rings. The number of nitrogens with one attached hydrogen (secondary N) is 1. The smallest absolute Gasteiger partial charge is 0.103 e. The fourth-order valence-electron chi connectivity index (χ4n) is 2.20. The standard InChI is InChI=1S/C14H20N2S/c1-11(2)10-14(3)16-15-13(17-14)9-12-7-5-4-6-8-12/h4-8,11,16H,9-10H2,1-3H3/t14-/m1/s1. The Morgan fingerprint density at radius 2 is 2.00 bits per heavy atom. The first kappa shape index (κ1) is 12.5. The lowest BCUT2D eigenvalue weighted by Gasteiger charge is -2.24. The van der Waals surface area contributed by atoms with Crippen LogP contribution in [0.25, 0.3) is 0 Å². The lowest BCUT2D eigenvalue weighted by molar-refractivity contribution is 0.423. The van der Waals surface area contributed by atoms with Crippen molar-refractivity contribution in [3.63, 3.8) is 0 Å². The quantitative estimate of drug-likeness (QED) is 0.879. The third kappa shape index (κ3) is 3.50. The molecule has 2 rings (SSSR count). The molecule has 0 amide bonds. The van der Waals surface area contributed by atoms with Crippen molar-refractivity contribution in [1.29, 1.82) is 0 Å². The van der Waals surface area contributed by atoms with Crippen LogP contribution in [0.4, 0.5) is 0 Å². The van der Waals surface area contributed by atoms with Gasteiger partial charge in [-0.3, -0.25) is 5.43 Å². The molecule has 1 N–H and O–H groups in total. The molecule has 0 saturated heterocycles. The molecule has 0 spiro atoms. The Balaban J connectivity index is 1.94. The molecule has 0 fully saturated rings. The van der Waals surface area contributed by atoms with Gasteiger partial charge in [0.05, 0.1) is 5.04 Å². The van der Waals surface area contributed by atoms with Gasteiger partial charge in [-0.25, -0.2) is 0 Å². The maximum absolute atomic E-state index is 4.47. The van der Waals surface area contributed by atoms with Crippen LogP contribution in [0.2, 0.25) is 0 Å². The van der Waals surface area contributed by atoms with Gasteiger partial charge in [0.2, 0.25) is 0 Å². The van der Waals surface area contributed by atoms with E-state index < -0.39 is 0 Å². The Bertz CT molecular complexity index is 400. The highest BCUT2D eigenvalue weighted by Crippen LogP contribution is 2.35. The van der Waals surface area contributed by atoms with Crippen molar-refractivity contribution in [1.82, 2.24) is 5.43 Å². The van der Waals surface area contributed by atoms with Crippen molar-refractivity contribution in [3.05, 3.63) is 35.9 Å². The SMILES string of the molecule is CC(C)C[C@]1(C)NN=C(Cc2ccccc2)S1. The number of hydrogen-bond acceptors (Lipinski definition) is 3. The molecular formula is C14H20N2S. The monoisotopic (exact) mass is 248 g/mol. The third-order valence-corrected chi connectivity index (χ3v) is 3.94. The van der Waals surface area contributed by atoms with E-state index in [-0.39, 0.29) is 4.87 Å². The van der Waals surface area contributed by atoms with Crippen LogP contribution >= 0.6 is 11.8 Å². The molecule has 0 aromatic heterocycles. The van der Waals surface area contributed by atoms with Crippen molar-refractivity contribution in [3.8, 4) is 0 Å². The molecule has 0 bridgehead atoms. The lowest BCUT2D eigenvalue weighted by Crippen LogP contribution is -2.33. The van der Waals surface area contributed by atoms with Crippen LogP contribution in [0.15, 0.2) is 35.4 Å². The van der Waals surface area contributed by atoms with E-state index in [9.17, 15) is 0 Å². The maximum atomic E-state index is 4.47. The van der Waals surface area contributed by atoms with Crippen LogP contribution in [0.1, 0.15) is 32.8 Å². The van der Waals surface area contributed by atoms with Gasteiger partial charge in [-0.15, -0.1) is 0 Å². The summed E-state index contributed by atoms with van der Waals surface area (Å²) in [6.07, 6.45) is 2.08. The Kier molecular flexibility index (Phi) is 3.77. The summed E-state index contributed by atoms with van der Waals surface area (Å²) in [7, 11) is 0. The van der Waals surface area contributed by atoms with Crippen molar-refractivity contribution >= 4 is 16.8 Å². The summed E-state index contributed by atoms with van der Waals surface area (Å²) in [4.78, 5) is 0.0816. The van der Waals surface area contributed by atoms with Crippen LogP contribution in [-0.2, 0) is 6.42 Å². The minimum Gasteiger partial charge on any atom is -0.293 e. The van der Waals surface area contributed by atoms with Crippen molar-refractivity contribution in [2.24, 2.45) is 11.0 Å². The molecule has 0 aliphatic carbocycles. The largest absolute Gasteiger partial charge is 0.293 e. The molecule has 92 valence electrons. The molecule has 2 nitrogen and oxygen atoms in total. The summed E-state index contributed by atoms with van der Waals surface area (Å²) in [5.74, 6) is 0.686. The van der Waals surface area contributed by atoms with E-state index in [0.29, 0.717) is 5.92 Å².